The first-order chi connectivity index (χ1) is 16.1. The van der Waals surface area contributed by atoms with Crippen LogP contribution in [0.5, 0.6) is 0 Å². The minimum Gasteiger partial charge on any atom is -0.381 e. The zero-order chi connectivity index (χ0) is 22.5. The van der Waals surface area contributed by atoms with Gasteiger partial charge in [0.1, 0.15) is 23.2 Å². The van der Waals surface area contributed by atoms with Gasteiger partial charge in [0.05, 0.1) is 17.3 Å². The lowest BCUT2D eigenvalue weighted by Gasteiger charge is -2.22. The summed E-state index contributed by atoms with van der Waals surface area (Å²) in [6.07, 6.45) is 7.83. The molecular weight excluding hydrogens is 423 g/mol. The summed E-state index contributed by atoms with van der Waals surface area (Å²) in [6.45, 7) is 3.07. The van der Waals surface area contributed by atoms with Gasteiger partial charge in [0, 0.05) is 13.2 Å². The maximum absolute atomic E-state index is 15.6. The Morgan fingerprint density at radius 2 is 1.94 bits per heavy atom. The Balaban J connectivity index is 1.35. The van der Waals surface area contributed by atoms with E-state index >= 15 is 4.39 Å². The molecule has 2 aromatic heterocycles. The van der Waals surface area contributed by atoms with Gasteiger partial charge in [-0.05, 0) is 67.9 Å². The summed E-state index contributed by atoms with van der Waals surface area (Å²) in [5.41, 5.74) is 2.72. The van der Waals surface area contributed by atoms with Crippen molar-refractivity contribution in [3.63, 3.8) is 0 Å². The lowest BCUT2D eigenvalue weighted by Crippen LogP contribution is -2.31. The van der Waals surface area contributed by atoms with Crippen LogP contribution in [0.3, 0.4) is 0 Å². The highest BCUT2D eigenvalue weighted by molar-refractivity contribution is 5.95. The summed E-state index contributed by atoms with van der Waals surface area (Å²) in [6, 6.07) is 3.50. The molecule has 174 valence electrons. The third-order valence-corrected chi connectivity index (χ3v) is 7.99. The smallest absolute Gasteiger partial charge is 0.257 e. The molecule has 2 N–H and O–H groups in total. The fraction of sp³-hybridized carbons (Fsp3) is 0.560. The number of hydrogen-bond acceptors (Lipinski definition) is 5. The van der Waals surface area contributed by atoms with E-state index in [2.05, 4.69) is 15.5 Å². The third kappa shape index (κ3) is 3.64. The molecule has 0 radical (unpaired) electrons. The highest BCUT2D eigenvalue weighted by Crippen LogP contribution is 2.60. The van der Waals surface area contributed by atoms with E-state index in [1.54, 1.807) is 6.92 Å². The van der Waals surface area contributed by atoms with Crippen molar-refractivity contribution in [1.29, 1.82) is 0 Å². The van der Waals surface area contributed by atoms with Crippen LogP contribution < -0.4 is 5.32 Å². The summed E-state index contributed by atoms with van der Waals surface area (Å²) < 4.78 is 26.0. The Bertz CT molecular complexity index is 1170. The molecule has 7 nitrogen and oxygen atoms in total. The molecule has 6 rings (SSSR count). The number of H-pyrrole nitrogens is 1. The molecule has 3 unspecified atom stereocenters. The van der Waals surface area contributed by atoms with E-state index in [0.29, 0.717) is 64.6 Å². The number of carbonyl (C=O) groups excluding carboxylic acids is 1. The van der Waals surface area contributed by atoms with E-state index in [1.807, 2.05) is 12.1 Å². The second kappa shape index (κ2) is 8.24. The maximum Gasteiger partial charge on any atom is 0.257 e. The Morgan fingerprint density at radius 1 is 1.18 bits per heavy atom. The molecule has 33 heavy (non-hydrogen) atoms. The van der Waals surface area contributed by atoms with Gasteiger partial charge in [-0.15, -0.1) is 0 Å². The number of aromatic amines is 1. The van der Waals surface area contributed by atoms with E-state index in [9.17, 15) is 4.79 Å². The minimum atomic E-state index is -0.293. The van der Waals surface area contributed by atoms with Gasteiger partial charge in [0.25, 0.3) is 5.91 Å². The number of aromatic nitrogens is 3. The van der Waals surface area contributed by atoms with E-state index in [1.165, 1.54) is 31.9 Å². The quantitative estimate of drug-likeness (QED) is 0.580. The van der Waals surface area contributed by atoms with Gasteiger partial charge in [-0.2, -0.15) is 0 Å². The lowest BCUT2D eigenvalue weighted by molar-refractivity contribution is 0.0846. The van der Waals surface area contributed by atoms with Crippen molar-refractivity contribution in [1.82, 2.24) is 20.4 Å². The molecule has 2 aliphatic carbocycles. The van der Waals surface area contributed by atoms with Crippen LogP contribution in [-0.2, 0) is 4.74 Å². The SMILES string of the molecule is Cc1nocc1C(=O)NC(c1nc2c(F)c(C3CCOCC3)ccc2[nH]1)C1C2CCCCC21. The number of imidazole rings is 1. The number of carbonyl (C=O) groups is 1. The van der Waals surface area contributed by atoms with Gasteiger partial charge in [-0.3, -0.25) is 4.79 Å². The van der Waals surface area contributed by atoms with Gasteiger partial charge in [-0.1, -0.05) is 24.1 Å². The van der Waals surface area contributed by atoms with Crippen molar-refractivity contribution in [3.8, 4) is 0 Å². The van der Waals surface area contributed by atoms with Crippen molar-refractivity contribution >= 4 is 16.9 Å². The molecule has 3 aliphatic rings. The van der Waals surface area contributed by atoms with Gasteiger partial charge in [0.15, 0.2) is 5.82 Å². The number of rotatable bonds is 5. The Hall–Kier alpha value is -2.74. The molecule has 8 heteroatoms. The number of benzene rings is 1. The van der Waals surface area contributed by atoms with Crippen LogP contribution in [0.2, 0.25) is 0 Å². The number of ether oxygens (including phenoxy) is 1. The van der Waals surface area contributed by atoms with Crippen molar-refractivity contribution < 1.29 is 18.4 Å². The van der Waals surface area contributed by atoms with Crippen molar-refractivity contribution in [2.75, 3.05) is 13.2 Å². The first-order valence-electron chi connectivity index (χ1n) is 12.1. The second-order valence-electron chi connectivity index (χ2n) is 9.83. The molecule has 2 saturated carbocycles. The van der Waals surface area contributed by atoms with E-state index in [4.69, 9.17) is 14.2 Å². The Kier molecular flexibility index (Phi) is 5.20. The average molecular weight is 453 g/mol. The first-order valence-corrected chi connectivity index (χ1v) is 12.1. The van der Waals surface area contributed by atoms with Crippen LogP contribution in [0, 0.1) is 30.5 Å². The molecule has 0 spiro atoms. The van der Waals surface area contributed by atoms with Crippen molar-refractivity contribution in [3.05, 3.63) is 46.9 Å². The van der Waals surface area contributed by atoms with Crippen LogP contribution in [0.4, 0.5) is 4.39 Å². The Morgan fingerprint density at radius 3 is 2.64 bits per heavy atom. The van der Waals surface area contributed by atoms with E-state index in [-0.39, 0.29) is 23.7 Å². The third-order valence-electron chi connectivity index (χ3n) is 7.99. The molecule has 1 aliphatic heterocycles. The normalized spacial score (nSPS) is 26.2. The fourth-order valence-corrected chi connectivity index (χ4v) is 6.17. The molecule has 1 aromatic carbocycles. The number of fused-ring (bicyclic) bond motifs is 2. The summed E-state index contributed by atoms with van der Waals surface area (Å²) in [7, 11) is 0. The Labute approximate surface area is 191 Å². The summed E-state index contributed by atoms with van der Waals surface area (Å²) in [4.78, 5) is 21.1. The predicted octanol–water partition coefficient (Wildman–Crippen LogP) is 4.80. The van der Waals surface area contributed by atoms with Crippen LogP contribution in [0.25, 0.3) is 11.0 Å². The number of aryl methyl sites for hydroxylation is 1. The standard InChI is InChI=1S/C25H29FN4O3/c1-13-18(12-33-30-13)25(31)29-23(20-16-4-2-3-5-17(16)20)24-27-19-7-6-15(21(26)22(19)28-24)14-8-10-32-11-9-14/h6-7,12,14,16-17,20,23H,2-5,8-11H2,1H3,(H,27,28)(H,29,31). The number of nitrogens with zero attached hydrogens (tertiary/aromatic N) is 2. The topological polar surface area (TPSA) is 93.0 Å². The lowest BCUT2D eigenvalue weighted by atomic mass is 9.91. The van der Waals surface area contributed by atoms with E-state index < -0.39 is 0 Å². The molecule has 1 saturated heterocycles. The number of halogens is 1. The summed E-state index contributed by atoms with van der Waals surface area (Å²) in [5, 5.41) is 7.01. The highest BCUT2D eigenvalue weighted by Gasteiger charge is 2.55. The first kappa shape index (κ1) is 20.8. The van der Waals surface area contributed by atoms with Gasteiger partial charge < -0.3 is 19.6 Å². The van der Waals surface area contributed by atoms with Crippen LogP contribution >= 0.6 is 0 Å². The largest absolute Gasteiger partial charge is 0.381 e. The minimum absolute atomic E-state index is 0.154. The predicted molar refractivity (Wildman–Crippen MR) is 119 cm³/mol. The average Bonchev–Trinajstić information content (AvgIpc) is 3.13. The molecule has 1 amide bonds. The van der Waals surface area contributed by atoms with Crippen LogP contribution in [0.15, 0.2) is 22.9 Å². The van der Waals surface area contributed by atoms with Gasteiger partial charge >= 0.3 is 0 Å². The highest BCUT2D eigenvalue weighted by atomic mass is 19.1. The van der Waals surface area contributed by atoms with Crippen molar-refractivity contribution in [2.45, 2.75) is 57.4 Å². The molecule has 0 bridgehead atoms. The van der Waals surface area contributed by atoms with Gasteiger partial charge in [-0.25, -0.2) is 9.37 Å². The van der Waals surface area contributed by atoms with E-state index in [0.717, 1.165) is 12.8 Å². The monoisotopic (exact) mass is 452 g/mol. The number of hydrogen-bond donors (Lipinski definition) is 2. The second-order valence-corrected chi connectivity index (χ2v) is 9.83. The van der Waals surface area contributed by atoms with Crippen LogP contribution in [0.1, 0.15) is 77.9 Å². The summed E-state index contributed by atoms with van der Waals surface area (Å²) >= 11 is 0. The van der Waals surface area contributed by atoms with Gasteiger partial charge in [0.2, 0.25) is 0 Å². The zero-order valence-electron chi connectivity index (χ0n) is 18.8. The molecular formula is C25H29FN4O3. The molecule has 3 fully saturated rings. The maximum atomic E-state index is 15.6. The van der Waals surface area contributed by atoms with Crippen molar-refractivity contribution in [2.24, 2.45) is 17.8 Å². The summed E-state index contributed by atoms with van der Waals surface area (Å²) in [5.74, 6) is 1.79. The van der Waals surface area contributed by atoms with Crippen LogP contribution in [-0.4, -0.2) is 34.2 Å². The molecule has 3 aromatic rings. The molecule has 3 heterocycles. The zero-order valence-corrected chi connectivity index (χ0v) is 18.8. The molecule has 3 atom stereocenters. The fourth-order valence-electron chi connectivity index (χ4n) is 6.17. The number of amides is 1. The number of nitrogens with one attached hydrogen (secondary N) is 2.